The van der Waals surface area contributed by atoms with Crippen LogP contribution in [-0.4, -0.2) is 53.6 Å². The van der Waals surface area contributed by atoms with Gasteiger partial charge in [0.25, 0.3) is 0 Å². The van der Waals surface area contributed by atoms with Crippen molar-refractivity contribution in [1.29, 1.82) is 0 Å². The van der Waals surface area contributed by atoms with E-state index in [4.69, 9.17) is 10.2 Å². The van der Waals surface area contributed by atoms with Gasteiger partial charge in [0.2, 0.25) is 0 Å². The summed E-state index contributed by atoms with van der Waals surface area (Å²) in [5, 5.41) is 17.4. The van der Waals surface area contributed by atoms with Crippen LogP contribution in [-0.2, 0) is 0 Å². The Balaban J connectivity index is 2.39. The standard InChI is InChI=1S/C8H16FNO2/c9-8(7-12)2-1-3-10(6-8)4-5-11/h11-12H,1-7H2. The Morgan fingerprint density at radius 3 is 2.75 bits per heavy atom. The van der Waals surface area contributed by atoms with Gasteiger partial charge >= 0.3 is 0 Å². The van der Waals surface area contributed by atoms with E-state index in [1.165, 1.54) is 0 Å². The molecular weight excluding hydrogens is 161 g/mol. The van der Waals surface area contributed by atoms with Gasteiger partial charge in [-0.15, -0.1) is 0 Å². The number of nitrogens with zero attached hydrogens (tertiary/aromatic N) is 1. The second-order valence-electron chi connectivity index (χ2n) is 3.41. The number of likely N-dealkylation sites (tertiary alicyclic amines) is 1. The van der Waals surface area contributed by atoms with E-state index in [-0.39, 0.29) is 13.2 Å². The van der Waals surface area contributed by atoms with Gasteiger partial charge in [0, 0.05) is 13.1 Å². The Labute approximate surface area is 71.8 Å². The largest absolute Gasteiger partial charge is 0.395 e. The van der Waals surface area contributed by atoms with E-state index in [2.05, 4.69) is 0 Å². The first-order valence-electron chi connectivity index (χ1n) is 4.33. The van der Waals surface area contributed by atoms with Gasteiger partial charge in [-0.1, -0.05) is 0 Å². The molecule has 0 bridgehead atoms. The molecule has 1 unspecified atom stereocenters. The zero-order chi connectivity index (χ0) is 9.03. The fraction of sp³-hybridized carbons (Fsp3) is 1.00. The fourth-order valence-electron chi connectivity index (χ4n) is 1.64. The Morgan fingerprint density at radius 1 is 1.42 bits per heavy atom. The quantitative estimate of drug-likeness (QED) is 0.626. The van der Waals surface area contributed by atoms with Crippen molar-refractivity contribution in [2.45, 2.75) is 18.5 Å². The number of alkyl halides is 1. The first-order chi connectivity index (χ1) is 5.70. The van der Waals surface area contributed by atoms with E-state index in [9.17, 15) is 4.39 Å². The summed E-state index contributed by atoms with van der Waals surface area (Å²) in [6, 6.07) is 0. The van der Waals surface area contributed by atoms with E-state index < -0.39 is 12.3 Å². The molecule has 1 atom stereocenters. The zero-order valence-electron chi connectivity index (χ0n) is 7.17. The maximum Gasteiger partial charge on any atom is 0.146 e. The smallest absolute Gasteiger partial charge is 0.146 e. The maximum absolute atomic E-state index is 13.5. The Hall–Kier alpha value is -0.190. The highest BCUT2D eigenvalue weighted by atomic mass is 19.1. The highest BCUT2D eigenvalue weighted by Crippen LogP contribution is 2.24. The molecule has 0 aromatic rings. The van der Waals surface area contributed by atoms with Crippen LogP contribution in [0.1, 0.15) is 12.8 Å². The van der Waals surface area contributed by atoms with Crippen molar-refractivity contribution < 1.29 is 14.6 Å². The third-order valence-corrected chi connectivity index (χ3v) is 2.31. The Bertz CT molecular complexity index is 143. The fourth-order valence-corrected chi connectivity index (χ4v) is 1.64. The average Bonchev–Trinajstić information content (AvgIpc) is 2.05. The average molecular weight is 177 g/mol. The van der Waals surface area contributed by atoms with Gasteiger partial charge in [-0.05, 0) is 19.4 Å². The Kier molecular flexibility index (Phi) is 3.43. The molecule has 1 saturated heterocycles. The van der Waals surface area contributed by atoms with Crippen molar-refractivity contribution in [3.05, 3.63) is 0 Å². The summed E-state index contributed by atoms with van der Waals surface area (Å²) in [5.74, 6) is 0. The van der Waals surface area contributed by atoms with E-state index in [0.29, 0.717) is 13.0 Å². The number of hydrogen-bond acceptors (Lipinski definition) is 3. The topological polar surface area (TPSA) is 43.7 Å². The summed E-state index contributed by atoms with van der Waals surface area (Å²) in [7, 11) is 0. The molecule has 1 fully saturated rings. The van der Waals surface area contributed by atoms with Crippen LogP contribution in [0.15, 0.2) is 0 Å². The van der Waals surface area contributed by atoms with Gasteiger partial charge in [-0.25, -0.2) is 4.39 Å². The van der Waals surface area contributed by atoms with Crippen molar-refractivity contribution >= 4 is 0 Å². The van der Waals surface area contributed by atoms with Crippen LogP contribution in [0.4, 0.5) is 4.39 Å². The predicted octanol–water partition coefficient (Wildman–Crippen LogP) is -0.225. The lowest BCUT2D eigenvalue weighted by Gasteiger charge is -2.35. The molecule has 0 aliphatic carbocycles. The third kappa shape index (κ3) is 2.40. The normalized spacial score (nSPS) is 32.2. The summed E-state index contributed by atoms with van der Waals surface area (Å²) < 4.78 is 13.5. The Morgan fingerprint density at radius 2 is 2.17 bits per heavy atom. The number of aliphatic hydroxyl groups is 2. The minimum absolute atomic E-state index is 0.0571. The SMILES string of the molecule is OCCN1CCCC(F)(CO)C1. The second kappa shape index (κ2) is 4.16. The number of β-amino-alcohol motifs (C(OH)–C–C–N with tert-alkyl or cyclic N) is 1. The van der Waals surface area contributed by atoms with Crippen molar-refractivity contribution in [1.82, 2.24) is 4.90 Å². The predicted molar refractivity (Wildman–Crippen MR) is 43.7 cm³/mol. The second-order valence-corrected chi connectivity index (χ2v) is 3.41. The molecule has 2 N–H and O–H groups in total. The van der Waals surface area contributed by atoms with Crippen LogP contribution >= 0.6 is 0 Å². The lowest BCUT2D eigenvalue weighted by atomic mass is 9.96. The maximum atomic E-state index is 13.5. The highest BCUT2D eigenvalue weighted by molar-refractivity contribution is 4.86. The summed E-state index contributed by atoms with van der Waals surface area (Å²) >= 11 is 0. The first-order valence-corrected chi connectivity index (χ1v) is 4.33. The summed E-state index contributed by atoms with van der Waals surface area (Å²) in [6.45, 7) is 1.23. The van der Waals surface area contributed by atoms with E-state index in [1.54, 1.807) is 0 Å². The summed E-state index contributed by atoms with van der Waals surface area (Å²) in [4.78, 5) is 1.85. The number of rotatable bonds is 3. The molecule has 0 amide bonds. The van der Waals surface area contributed by atoms with Crippen LogP contribution in [0, 0.1) is 0 Å². The van der Waals surface area contributed by atoms with Crippen molar-refractivity contribution in [2.75, 3.05) is 32.8 Å². The van der Waals surface area contributed by atoms with Gasteiger partial charge in [0.1, 0.15) is 5.67 Å². The number of hydrogen-bond donors (Lipinski definition) is 2. The highest BCUT2D eigenvalue weighted by Gasteiger charge is 2.34. The van der Waals surface area contributed by atoms with Gasteiger partial charge in [-0.3, -0.25) is 4.90 Å². The molecule has 72 valence electrons. The molecule has 3 nitrogen and oxygen atoms in total. The molecule has 0 aromatic carbocycles. The first kappa shape index (κ1) is 9.89. The molecule has 0 saturated carbocycles. The van der Waals surface area contributed by atoms with E-state index in [1.807, 2.05) is 4.90 Å². The molecule has 0 aromatic heterocycles. The van der Waals surface area contributed by atoms with Crippen molar-refractivity contribution in [2.24, 2.45) is 0 Å². The molecule has 0 radical (unpaired) electrons. The molecule has 4 heteroatoms. The molecule has 12 heavy (non-hydrogen) atoms. The summed E-state index contributed by atoms with van der Waals surface area (Å²) in [5.41, 5.74) is -1.44. The van der Waals surface area contributed by atoms with Crippen LogP contribution in [0.5, 0.6) is 0 Å². The van der Waals surface area contributed by atoms with Crippen LogP contribution < -0.4 is 0 Å². The number of aliphatic hydroxyl groups excluding tert-OH is 2. The van der Waals surface area contributed by atoms with E-state index in [0.717, 1.165) is 13.0 Å². The van der Waals surface area contributed by atoms with Gasteiger partial charge < -0.3 is 10.2 Å². The van der Waals surface area contributed by atoms with Crippen molar-refractivity contribution in [3.8, 4) is 0 Å². The number of halogens is 1. The van der Waals surface area contributed by atoms with E-state index >= 15 is 0 Å². The third-order valence-electron chi connectivity index (χ3n) is 2.31. The lowest BCUT2D eigenvalue weighted by Crippen LogP contribution is -2.48. The molecule has 1 aliphatic rings. The molecule has 0 spiro atoms. The molecular formula is C8H16FNO2. The molecule has 1 rings (SSSR count). The lowest BCUT2D eigenvalue weighted by molar-refractivity contribution is -0.00534. The minimum atomic E-state index is -1.44. The van der Waals surface area contributed by atoms with Gasteiger partial charge in [0.15, 0.2) is 0 Å². The minimum Gasteiger partial charge on any atom is -0.395 e. The van der Waals surface area contributed by atoms with Crippen LogP contribution in [0.25, 0.3) is 0 Å². The monoisotopic (exact) mass is 177 g/mol. The summed E-state index contributed by atoms with van der Waals surface area (Å²) in [6.07, 6.45) is 1.20. The molecule has 1 heterocycles. The van der Waals surface area contributed by atoms with Gasteiger partial charge in [0.05, 0.1) is 13.2 Å². The van der Waals surface area contributed by atoms with Crippen molar-refractivity contribution in [3.63, 3.8) is 0 Å². The molecule has 1 aliphatic heterocycles. The van der Waals surface area contributed by atoms with Crippen LogP contribution in [0.3, 0.4) is 0 Å². The van der Waals surface area contributed by atoms with Gasteiger partial charge in [-0.2, -0.15) is 0 Å². The number of piperidine rings is 1. The van der Waals surface area contributed by atoms with Crippen LogP contribution in [0.2, 0.25) is 0 Å². The zero-order valence-corrected chi connectivity index (χ0v) is 7.17.